The summed E-state index contributed by atoms with van der Waals surface area (Å²) in [4.78, 5) is 11.5. The maximum atomic E-state index is 11.5. The van der Waals surface area contributed by atoms with Crippen LogP contribution in [0.15, 0.2) is 18.2 Å². The first kappa shape index (κ1) is 15.5. The molecule has 106 valence electrons. The molecule has 0 aliphatic heterocycles. The lowest BCUT2D eigenvalue weighted by atomic mass is 10.0. The normalized spacial score (nSPS) is 12.9. The molecule has 1 unspecified atom stereocenters. The summed E-state index contributed by atoms with van der Waals surface area (Å²) in [7, 11) is 0. The Balaban J connectivity index is 2.56. The topological polar surface area (TPSA) is 58.6 Å². The van der Waals surface area contributed by atoms with E-state index in [0.29, 0.717) is 0 Å². The van der Waals surface area contributed by atoms with Crippen molar-refractivity contribution in [3.8, 4) is 0 Å². The molecule has 0 fully saturated rings. The van der Waals surface area contributed by atoms with Gasteiger partial charge in [0.05, 0.1) is 12.6 Å². The molecule has 0 saturated carbocycles. The molecule has 1 aromatic rings. The summed E-state index contributed by atoms with van der Waals surface area (Å²) in [6.45, 7) is 9.49. The van der Waals surface area contributed by atoms with Crippen molar-refractivity contribution in [3.63, 3.8) is 0 Å². The van der Waals surface area contributed by atoms with Gasteiger partial charge in [-0.25, -0.2) is 4.79 Å². The first-order chi connectivity index (χ1) is 8.67. The van der Waals surface area contributed by atoms with Crippen LogP contribution in [-0.4, -0.2) is 23.3 Å². The fourth-order valence-corrected chi connectivity index (χ4v) is 1.81. The number of amides is 1. The first-order valence-corrected chi connectivity index (χ1v) is 6.40. The van der Waals surface area contributed by atoms with Crippen LogP contribution in [-0.2, 0) is 4.74 Å². The van der Waals surface area contributed by atoms with Crippen LogP contribution in [0, 0.1) is 13.8 Å². The summed E-state index contributed by atoms with van der Waals surface area (Å²) >= 11 is 0. The van der Waals surface area contributed by atoms with Crippen LogP contribution in [0.3, 0.4) is 0 Å². The van der Waals surface area contributed by atoms with Gasteiger partial charge < -0.3 is 15.2 Å². The molecular weight excluding hydrogens is 242 g/mol. The highest BCUT2D eigenvalue weighted by atomic mass is 16.6. The van der Waals surface area contributed by atoms with Crippen LogP contribution in [0.4, 0.5) is 4.79 Å². The van der Waals surface area contributed by atoms with Crippen molar-refractivity contribution in [3.05, 3.63) is 34.9 Å². The fourth-order valence-electron chi connectivity index (χ4n) is 1.81. The van der Waals surface area contributed by atoms with E-state index in [4.69, 9.17) is 4.74 Å². The second-order valence-electron chi connectivity index (χ2n) is 5.82. The molecule has 4 heteroatoms. The molecule has 4 nitrogen and oxygen atoms in total. The molecule has 0 heterocycles. The lowest BCUT2D eigenvalue weighted by Gasteiger charge is -2.20. The molecule has 0 aliphatic carbocycles. The predicted octanol–water partition coefficient (Wildman–Crippen LogP) is 2.86. The zero-order valence-corrected chi connectivity index (χ0v) is 12.3. The van der Waals surface area contributed by atoms with E-state index in [1.807, 2.05) is 32.0 Å². The van der Waals surface area contributed by atoms with Crippen LogP contribution in [0.25, 0.3) is 0 Å². The van der Waals surface area contributed by atoms with Gasteiger partial charge in [0.1, 0.15) is 5.60 Å². The van der Waals surface area contributed by atoms with Crippen molar-refractivity contribution in [1.82, 2.24) is 5.32 Å². The Morgan fingerprint density at radius 2 is 1.79 bits per heavy atom. The van der Waals surface area contributed by atoms with Gasteiger partial charge >= 0.3 is 6.09 Å². The van der Waals surface area contributed by atoms with Crippen LogP contribution >= 0.6 is 0 Å². The fraction of sp³-hybridized carbons (Fsp3) is 0.533. The van der Waals surface area contributed by atoms with Crippen molar-refractivity contribution >= 4 is 6.09 Å². The molecule has 0 aliphatic rings. The smallest absolute Gasteiger partial charge is 0.407 e. The number of carbonyl (C=O) groups is 1. The summed E-state index contributed by atoms with van der Waals surface area (Å²) in [6, 6.07) is 5.86. The summed E-state index contributed by atoms with van der Waals surface area (Å²) < 4.78 is 5.11. The number of hydrogen-bond acceptors (Lipinski definition) is 3. The number of aliphatic hydroxyl groups excluding tert-OH is 1. The minimum atomic E-state index is -0.730. The van der Waals surface area contributed by atoms with Crippen LogP contribution in [0.5, 0.6) is 0 Å². The zero-order valence-electron chi connectivity index (χ0n) is 12.3. The van der Waals surface area contributed by atoms with Crippen molar-refractivity contribution in [2.75, 3.05) is 6.54 Å². The van der Waals surface area contributed by atoms with Gasteiger partial charge in [-0.3, -0.25) is 0 Å². The maximum Gasteiger partial charge on any atom is 0.407 e. The Labute approximate surface area is 114 Å². The number of ether oxygens (including phenoxy) is 1. The second-order valence-corrected chi connectivity index (χ2v) is 5.82. The van der Waals surface area contributed by atoms with Crippen molar-refractivity contribution < 1.29 is 14.6 Å². The molecule has 0 bridgehead atoms. The molecule has 1 amide bonds. The minimum absolute atomic E-state index is 0.137. The number of nitrogens with one attached hydrogen (secondary N) is 1. The minimum Gasteiger partial charge on any atom is -0.444 e. The van der Waals surface area contributed by atoms with Gasteiger partial charge in [0.25, 0.3) is 0 Å². The number of hydrogen-bond donors (Lipinski definition) is 2. The van der Waals surface area contributed by atoms with E-state index in [-0.39, 0.29) is 6.54 Å². The average Bonchev–Trinajstić information content (AvgIpc) is 2.22. The quantitative estimate of drug-likeness (QED) is 0.883. The summed E-state index contributed by atoms with van der Waals surface area (Å²) in [5.74, 6) is 0. The van der Waals surface area contributed by atoms with E-state index in [0.717, 1.165) is 16.7 Å². The lowest BCUT2D eigenvalue weighted by molar-refractivity contribution is 0.0492. The number of benzene rings is 1. The Hall–Kier alpha value is -1.55. The van der Waals surface area contributed by atoms with Gasteiger partial charge in [0.15, 0.2) is 0 Å². The Kier molecular flexibility index (Phi) is 4.95. The molecule has 1 rings (SSSR count). The average molecular weight is 265 g/mol. The molecule has 1 atom stereocenters. The van der Waals surface area contributed by atoms with E-state index >= 15 is 0 Å². The molecule has 0 saturated heterocycles. The standard InChI is InChI=1S/C15H23NO3/c1-10-6-11(2)8-12(7-10)13(17)9-16-14(18)19-15(3,4)5/h6-8,13,17H,9H2,1-5H3,(H,16,18). The number of alkyl carbamates (subject to hydrolysis) is 1. The third-order valence-corrected chi connectivity index (χ3v) is 2.47. The Morgan fingerprint density at radius 3 is 2.26 bits per heavy atom. The van der Waals surface area contributed by atoms with Gasteiger partial charge in [-0.1, -0.05) is 29.3 Å². The second kappa shape index (κ2) is 6.06. The van der Waals surface area contributed by atoms with Crippen molar-refractivity contribution in [2.45, 2.75) is 46.3 Å². The molecule has 1 aromatic carbocycles. The van der Waals surface area contributed by atoms with E-state index < -0.39 is 17.8 Å². The zero-order chi connectivity index (χ0) is 14.6. The molecule has 0 radical (unpaired) electrons. The van der Waals surface area contributed by atoms with Crippen molar-refractivity contribution in [1.29, 1.82) is 0 Å². The molecule has 19 heavy (non-hydrogen) atoms. The monoisotopic (exact) mass is 265 g/mol. The van der Waals surface area contributed by atoms with Gasteiger partial charge in [-0.15, -0.1) is 0 Å². The summed E-state index contributed by atoms with van der Waals surface area (Å²) in [6.07, 6.45) is -1.25. The number of rotatable bonds is 3. The number of carbonyl (C=O) groups excluding carboxylic acids is 1. The Morgan fingerprint density at radius 1 is 1.26 bits per heavy atom. The van der Waals surface area contributed by atoms with Crippen LogP contribution in [0.1, 0.15) is 43.6 Å². The van der Waals surface area contributed by atoms with E-state index in [9.17, 15) is 9.90 Å². The number of aliphatic hydroxyl groups is 1. The first-order valence-electron chi connectivity index (χ1n) is 6.40. The summed E-state index contributed by atoms with van der Waals surface area (Å²) in [5.41, 5.74) is 2.45. The molecule has 0 aromatic heterocycles. The van der Waals surface area contributed by atoms with E-state index in [1.165, 1.54) is 0 Å². The lowest BCUT2D eigenvalue weighted by Crippen LogP contribution is -2.34. The molecule has 2 N–H and O–H groups in total. The van der Waals surface area contributed by atoms with Crippen LogP contribution in [0.2, 0.25) is 0 Å². The van der Waals surface area contributed by atoms with Gasteiger partial charge in [0.2, 0.25) is 0 Å². The SMILES string of the molecule is Cc1cc(C)cc(C(O)CNC(=O)OC(C)(C)C)c1. The van der Waals surface area contributed by atoms with Crippen LogP contribution < -0.4 is 5.32 Å². The largest absolute Gasteiger partial charge is 0.444 e. The predicted molar refractivity (Wildman–Crippen MR) is 75.1 cm³/mol. The Bertz CT molecular complexity index is 429. The maximum absolute atomic E-state index is 11.5. The highest BCUT2D eigenvalue weighted by Gasteiger charge is 2.17. The van der Waals surface area contributed by atoms with E-state index in [2.05, 4.69) is 5.32 Å². The molecular formula is C15H23NO3. The summed E-state index contributed by atoms with van der Waals surface area (Å²) in [5, 5.41) is 12.6. The van der Waals surface area contributed by atoms with Crippen molar-refractivity contribution in [2.24, 2.45) is 0 Å². The third-order valence-electron chi connectivity index (χ3n) is 2.47. The van der Waals surface area contributed by atoms with Gasteiger partial charge in [-0.2, -0.15) is 0 Å². The van der Waals surface area contributed by atoms with E-state index in [1.54, 1.807) is 20.8 Å². The highest BCUT2D eigenvalue weighted by molar-refractivity contribution is 5.67. The third kappa shape index (κ3) is 5.75. The highest BCUT2D eigenvalue weighted by Crippen LogP contribution is 2.16. The number of aryl methyl sites for hydroxylation is 2. The molecule has 0 spiro atoms. The van der Waals surface area contributed by atoms with Gasteiger partial charge in [-0.05, 0) is 40.2 Å². The van der Waals surface area contributed by atoms with Gasteiger partial charge in [0, 0.05) is 0 Å².